The number of nitrogens with one attached hydrogen (secondary N) is 1. The van der Waals surface area contributed by atoms with E-state index >= 15 is 0 Å². The van der Waals surface area contributed by atoms with Crippen LogP contribution in [0.5, 0.6) is 0 Å². The highest BCUT2D eigenvalue weighted by atomic mass is 79.9. The average molecular weight is 343 g/mol. The number of hydrogen-bond donors (Lipinski definition) is 1. The molecule has 1 aromatic heterocycles. The van der Waals surface area contributed by atoms with Crippen LogP contribution in [0.25, 0.3) is 0 Å². The molecule has 19 heavy (non-hydrogen) atoms. The molecular formula is C13H12BrFN2OS. The number of anilines is 1. The van der Waals surface area contributed by atoms with Crippen LogP contribution < -0.4 is 5.32 Å². The molecule has 0 bridgehead atoms. The number of halogens is 2. The third-order valence-corrected chi connectivity index (χ3v) is 4.21. The Morgan fingerprint density at radius 1 is 1.53 bits per heavy atom. The van der Waals surface area contributed by atoms with E-state index in [1.54, 1.807) is 0 Å². The van der Waals surface area contributed by atoms with E-state index in [1.807, 2.05) is 13.8 Å². The number of aromatic nitrogens is 1. The van der Waals surface area contributed by atoms with Gasteiger partial charge in [-0.3, -0.25) is 10.1 Å². The summed E-state index contributed by atoms with van der Waals surface area (Å²) in [5.41, 5.74) is 1.37. The van der Waals surface area contributed by atoms with Gasteiger partial charge in [-0.2, -0.15) is 0 Å². The predicted octanol–water partition coefficient (Wildman–Crippen LogP) is 4.17. The molecule has 2 rings (SSSR count). The van der Waals surface area contributed by atoms with Gasteiger partial charge in [0.25, 0.3) is 5.91 Å². The summed E-state index contributed by atoms with van der Waals surface area (Å²) in [6, 6.07) is 3.96. The van der Waals surface area contributed by atoms with E-state index < -0.39 is 0 Å². The summed E-state index contributed by atoms with van der Waals surface area (Å²) < 4.78 is 13.4. The van der Waals surface area contributed by atoms with Crippen LogP contribution in [-0.4, -0.2) is 10.9 Å². The second-order valence-electron chi connectivity index (χ2n) is 3.95. The molecule has 0 saturated carbocycles. The number of benzene rings is 1. The molecule has 0 fully saturated rings. The summed E-state index contributed by atoms with van der Waals surface area (Å²) >= 11 is 4.62. The third-order valence-electron chi connectivity index (χ3n) is 2.62. The van der Waals surface area contributed by atoms with Gasteiger partial charge in [0.05, 0.1) is 11.3 Å². The van der Waals surface area contributed by atoms with Crippen LogP contribution in [0, 0.1) is 12.7 Å². The summed E-state index contributed by atoms with van der Waals surface area (Å²) in [5, 5.41) is 3.30. The lowest BCUT2D eigenvalue weighted by Crippen LogP contribution is -2.12. The molecule has 0 aliphatic carbocycles. The monoisotopic (exact) mass is 342 g/mol. The third kappa shape index (κ3) is 3.19. The molecule has 1 aromatic carbocycles. The van der Waals surface area contributed by atoms with Crippen molar-refractivity contribution in [2.45, 2.75) is 20.3 Å². The molecule has 0 unspecified atom stereocenters. The summed E-state index contributed by atoms with van der Waals surface area (Å²) in [7, 11) is 0. The standard InChI is InChI=1S/C13H12BrFN2OS/c1-3-11-7(2)19-13(16-11)17-12(18)9-5-4-8(15)6-10(9)14/h4-6H,3H2,1-2H3,(H,16,17,18). The van der Waals surface area contributed by atoms with Gasteiger partial charge in [0.2, 0.25) is 0 Å². The first-order valence-electron chi connectivity index (χ1n) is 5.74. The Bertz CT molecular complexity index is 627. The van der Waals surface area contributed by atoms with Crippen LogP contribution in [0.4, 0.5) is 9.52 Å². The number of thiazole rings is 1. The smallest absolute Gasteiger partial charge is 0.258 e. The van der Waals surface area contributed by atoms with E-state index in [-0.39, 0.29) is 11.7 Å². The molecule has 2 aromatic rings. The van der Waals surface area contributed by atoms with Gasteiger partial charge in [0, 0.05) is 9.35 Å². The Hall–Kier alpha value is -1.27. The van der Waals surface area contributed by atoms with Crippen LogP contribution >= 0.6 is 27.3 Å². The van der Waals surface area contributed by atoms with Crippen LogP contribution in [-0.2, 0) is 6.42 Å². The van der Waals surface area contributed by atoms with Crippen LogP contribution in [0.1, 0.15) is 27.9 Å². The SMILES string of the molecule is CCc1nc(NC(=O)c2ccc(F)cc2Br)sc1C. The lowest BCUT2D eigenvalue weighted by Gasteiger charge is -2.04. The highest BCUT2D eigenvalue weighted by Gasteiger charge is 2.14. The lowest BCUT2D eigenvalue weighted by molar-refractivity contribution is 0.102. The van der Waals surface area contributed by atoms with Gasteiger partial charge in [0.1, 0.15) is 5.82 Å². The molecule has 1 N–H and O–H groups in total. The predicted molar refractivity (Wildman–Crippen MR) is 78.3 cm³/mol. The number of hydrogen-bond acceptors (Lipinski definition) is 3. The van der Waals surface area contributed by atoms with Crippen molar-refractivity contribution in [2.75, 3.05) is 5.32 Å². The first-order chi connectivity index (χ1) is 9.01. The highest BCUT2D eigenvalue weighted by Crippen LogP contribution is 2.24. The molecule has 1 heterocycles. The minimum Gasteiger partial charge on any atom is -0.298 e. The van der Waals surface area contributed by atoms with Crippen LogP contribution in [0.15, 0.2) is 22.7 Å². The minimum atomic E-state index is -0.387. The van der Waals surface area contributed by atoms with E-state index in [1.165, 1.54) is 29.5 Å². The van der Waals surface area contributed by atoms with E-state index in [2.05, 4.69) is 26.2 Å². The van der Waals surface area contributed by atoms with Gasteiger partial charge in [-0.05, 0) is 47.5 Å². The van der Waals surface area contributed by atoms with Gasteiger partial charge in [-0.15, -0.1) is 11.3 Å². The van der Waals surface area contributed by atoms with E-state index in [0.717, 1.165) is 17.0 Å². The normalized spacial score (nSPS) is 10.5. The largest absolute Gasteiger partial charge is 0.298 e. The molecule has 0 saturated heterocycles. The Morgan fingerprint density at radius 2 is 2.26 bits per heavy atom. The van der Waals surface area contributed by atoms with Crippen molar-refractivity contribution in [3.63, 3.8) is 0 Å². The first-order valence-corrected chi connectivity index (χ1v) is 7.35. The number of rotatable bonds is 3. The fraction of sp³-hybridized carbons (Fsp3) is 0.231. The summed E-state index contributed by atoms with van der Waals surface area (Å²) in [6.07, 6.45) is 0.832. The molecule has 6 heteroatoms. The summed E-state index contributed by atoms with van der Waals surface area (Å²) in [4.78, 5) is 17.5. The fourth-order valence-corrected chi connectivity index (χ4v) is 3.08. The zero-order chi connectivity index (χ0) is 14.0. The number of nitrogens with zero attached hydrogens (tertiary/aromatic N) is 1. The van der Waals surface area contributed by atoms with Gasteiger partial charge in [0.15, 0.2) is 5.13 Å². The number of carbonyl (C=O) groups excluding carboxylic acids is 1. The van der Waals surface area contributed by atoms with Gasteiger partial charge in [-0.25, -0.2) is 9.37 Å². The Labute approximate surface area is 123 Å². The van der Waals surface area contributed by atoms with E-state index in [4.69, 9.17) is 0 Å². The average Bonchev–Trinajstić information content (AvgIpc) is 2.69. The molecule has 0 radical (unpaired) electrons. The zero-order valence-corrected chi connectivity index (χ0v) is 12.9. The molecule has 3 nitrogen and oxygen atoms in total. The maximum Gasteiger partial charge on any atom is 0.258 e. The lowest BCUT2D eigenvalue weighted by atomic mass is 10.2. The van der Waals surface area contributed by atoms with Gasteiger partial charge in [-0.1, -0.05) is 6.92 Å². The van der Waals surface area contributed by atoms with Crippen LogP contribution in [0.3, 0.4) is 0 Å². The van der Waals surface area contributed by atoms with Crippen molar-refractivity contribution in [3.8, 4) is 0 Å². The Kier molecular flexibility index (Phi) is 4.31. The molecule has 1 amide bonds. The molecule has 0 atom stereocenters. The Balaban J connectivity index is 2.20. The Morgan fingerprint density at radius 3 is 2.84 bits per heavy atom. The van der Waals surface area contributed by atoms with Crippen molar-refractivity contribution in [2.24, 2.45) is 0 Å². The van der Waals surface area contributed by atoms with Crippen molar-refractivity contribution in [1.82, 2.24) is 4.98 Å². The number of aryl methyl sites for hydroxylation is 2. The zero-order valence-electron chi connectivity index (χ0n) is 10.5. The molecule has 100 valence electrons. The van der Waals surface area contributed by atoms with Crippen molar-refractivity contribution in [1.29, 1.82) is 0 Å². The summed E-state index contributed by atoms with van der Waals surface area (Å²) in [6.45, 7) is 3.99. The fourth-order valence-electron chi connectivity index (χ4n) is 1.65. The molecular weight excluding hydrogens is 331 g/mol. The number of amides is 1. The topological polar surface area (TPSA) is 42.0 Å². The molecule has 0 aliphatic rings. The van der Waals surface area contributed by atoms with Crippen LogP contribution in [0.2, 0.25) is 0 Å². The first kappa shape index (κ1) is 14.1. The highest BCUT2D eigenvalue weighted by molar-refractivity contribution is 9.10. The minimum absolute atomic E-state index is 0.303. The molecule has 0 aliphatic heterocycles. The van der Waals surface area contributed by atoms with E-state index in [0.29, 0.717) is 15.2 Å². The van der Waals surface area contributed by atoms with Crippen molar-refractivity contribution >= 4 is 38.3 Å². The molecule has 0 spiro atoms. The second kappa shape index (κ2) is 5.79. The van der Waals surface area contributed by atoms with E-state index in [9.17, 15) is 9.18 Å². The van der Waals surface area contributed by atoms with Crippen molar-refractivity contribution < 1.29 is 9.18 Å². The summed E-state index contributed by atoms with van der Waals surface area (Å²) in [5.74, 6) is -0.690. The van der Waals surface area contributed by atoms with Crippen molar-refractivity contribution in [3.05, 3.63) is 44.6 Å². The van der Waals surface area contributed by atoms with Gasteiger partial charge < -0.3 is 0 Å². The maximum absolute atomic E-state index is 13.0. The maximum atomic E-state index is 13.0. The second-order valence-corrected chi connectivity index (χ2v) is 6.01. The number of carbonyl (C=O) groups is 1. The van der Waals surface area contributed by atoms with Gasteiger partial charge >= 0.3 is 0 Å². The quantitative estimate of drug-likeness (QED) is 0.909.